The molecule has 0 atom stereocenters. The van der Waals surface area contributed by atoms with Gasteiger partial charge in [-0.25, -0.2) is 9.98 Å². The third kappa shape index (κ3) is 5.56. The van der Waals surface area contributed by atoms with Gasteiger partial charge in [-0.15, -0.1) is 11.3 Å². The fourth-order valence-electron chi connectivity index (χ4n) is 3.62. The van der Waals surface area contributed by atoms with Gasteiger partial charge in [0.15, 0.2) is 5.96 Å². The van der Waals surface area contributed by atoms with E-state index in [9.17, 15) is 0 Å². The van der Waals surface area contributed by atoms with Gasteiger partial charge in [0.25, 0.3) is 0 Å². The Morgan fingerprint density at radius 1 is 1.37 bits per heavy atom. The Morgan fingerprint density at radius 2 is 2.22 bits per heavy atom. The summed E-state index contributed by atoms with van der Waals surface area (Å²) in [6.07, 6.45) is 7.93. The maximum Gasteiger partial charge on any atom is 0.236 e. The summed E-state index contributed by atoms with van der Waals surface area (Å²) in [5.74, 6) is 1.50. The van der Waals surface area contributed by atoms with E-state index in [1.54, 1.807) is 24.7 Å². The van der Waals surface area contributed by atoms with Gasteiger partial charge in [0.2, 0.25) is 5.89 Å². The predicted molar refractivity (Wildman–Crippen MR) is 110 cm³/mol. The van der Waals surface area contributed by atoms with Gasteiger partial charge in [0.1, 0.15) is 12.0 Å². The van der Waals surface area contributed by atoms with Crippen molar-refractivity contribution >= 4 is 17.3 Å². The highest BCUT2D eigenvalue weighted by Gasteiger charge is 2.33. The Hall–Kier alpha value is -1.86. The summed E-state index contributed by atoms with van der Waals surface area (Å²) in [5.41, 5.74) is 1.16. The fraction of sp³-hybridized carbons (Fsp3) is 0.600. The van der Waals surface area contributed by atoms with E-state index in [2.05, 4.69) is 22.5 Å². The summed E-state index contributed by atoms with van der Waals surface area (Å²) in [6, 6.07) is 4.01. The van der Waals surface area contributed by atoms with Gasteiger partial charge in [-0.05, 0) is 43.0 Å². The van der Waals surface area contributed by atoms with Gasteiger partial charge in [-0.3, -0.25) is 0 Å². The van der Waals surface area contributed by atoms with Crippen molar-refractivity contribution in [3.8, 4) is 10.8 Å². The first-order chi connectivity index (χ1) is 13.2. The molecule has 3 rings (SSSR count). The van der Waals surface area contributed by atoms with Crippen LogP contribution >= 0.6 is 11.3 Å². The first kappa shape index (κ1) is 19.9. The average molecular weight is 391 g/mol. The normalized spacial score (nSPS) is 16.6. The van der Waals surface area contributed by atoms with Crippen LogP contribution in [0.5, 0.6) is 0 Å². The molecule has 0 saturated heterocycles. The second-order valence-electron chi connectivity index (χ2n) is 7.12. The molecule has 148 valence electrons. The van der Waals surface area contributed by atoms with Crippen molar-refractivity contribution in [2.75, 3.05) is 26.8 Å². The number of ether oxygens (including phenoxy) is 1. The van der Waals surface area contributed by atoms with Crippen LogP contribution in [-0.2, 0) is 11.3 Å². The minimum absolute atomic E-state index is 0.326. The zero-order chi connectivity index (χ0) is 19.0. The van der Waals surface area contributed by atoms with E-state index in [-0.39, 0.29) is 0 Å². The van der Waals surface area contributed by atoms with Crippen LogP contribution in [0.4, 0.5) is 0 Å². The Balaban J connectivity index is 1.59. The zero-order valence-electron chi connectivity index (χ0n) is 16.3. The lowest BCUT2D eigenvalue weighted by Crippen LogP contribution is -2.43. The molecular formula is C20H30N4O2S. The van der Waals surface area contributed by atoms with Crippen LogP contribution < -0.4 is 10.6 Å². The SMILES string of the molecule is CCNC(=NCc1coc(-c2cccs2)n1)NCC1(CCOC)CCCC1. The Labute approximate surface area is 165 Å². The number of guanidine groups is 1. The lowest BCUT2D eigenvalue weighted by Gasteiger charge is -2.29. The van der Waals surface area contributed by atoms with Gasteiger partial charge < -0.3 is 19.8 Å². The maximum atomic E-state index is 5.58. The molecule has 1 fully saturated rings. The second kappa shape index (κ2) is 9.90. The topological polar surface area (TPSA) is 71.7 Å². The van der Waals surface area contributed by atoms with Crippen LogP contribution in [0.2, 0.25) is 0 Å². The molecule has 1 aliphatic rings. The highest BCUT2D eigenvalue weighted by Crippen LogP contribution is 2.40. The van der Waals surface area contributed by atoms with Crippen molar-refractivity contribution in [1.29, 1.82) is 0 Å². The Bertz CT molecular complexity index is 705. The first-order valence-electron chi connectivity index (χ1n) is 9.74. The standard InChI is InChI=1S/C20H30N4O2S/c1-3-21-19(23-15-20(10-11-25-2)8-4-5-9-20)22-13-16-14-26-18(24-16)17-7-6-12-27-17/h6-7,12,14H,3-5,8-11,13,15H2,1-2H3,(H2,21,22,23). The molecule has 0 amide bonds. The van der Waals surface area contributed by atoms with E-state index in [0.29, 0.717) is 17.9 Å². The number of rotatable bonds is 9. The van der Waals surface area contributed by atoms with Crippen molar-refractivity contribution < 1.29 is 9.15 Å². The van der Waals surface area contributed by atoms with Crippen LogP contribution in [-0.4, -0.2) is 37.7 Å². The summed E-state index contributed by atoms with van der Waals surface area (Å²) in [4.78, 5) is 10.3. The molecule has 2 N–H and O–H groups in total. The number of nitrogens with zero attached hydrogens (tertiary/aromatic N) is 2. The third-order valence-corrected chi connectivity index (χ3v) is 6.02. The van der Waals surface area contributed by atoms with Crippen LogP contribution in [0.15, 0.2) is 33.2 Å². The predicted octanol–water partition coefficient (Wildman–Crippen LogP) is 4.06. The molecule has 2 aromatic heterocycles. The maximum absolute atomic E-state index is 5.58. The monoisotopic (exact) mass is 390 g/mol. The molecule has 1 aliphatic carbocycles. The molecule has 0 aliphatic heterocycles. The summed E-state index contributed by atoms with van der Waals surface area (Å²) < 4.78 is 10.9. The Morgan fingerprint density at radius 3 is 2.93 bits per heavy atom. The van der Waals surface area contributed by atoms with Gasteiger partial charge in [0, 0.05) is 26.8 Å². The van der Waals surface area contributed by atoms with E-state index in [4.69, 9.17) is 14.1 Å². The van der Waals surface area contributed by atoms with Crippen LogP contribution in [0.1, 0.15) is 44.7 Å². The lowest BCUT2D eigenvalue weighted by atomic mass is 9.83. The second-order valence-corrected chi connectivity index (χ2v) is 8.07. The summed E-state index contributed by atoms with van der Waals surface area (Å²) >= 11 is 1.62. The molecule has 0 radical (unpaired) electrons. The third-order valence-electron chi connectivity index (χ3n) is 5.16. The van der Waals surface area contributed by atoms with Gasteiger partial charge in [-0.1, -0.05) is 18.9 Å². The number of methoxy groups -OCH3 is 1. The molecule has 2 heterocycles. The average Bonchev–Trinajstić information content (AvgIpc) is 3.44. The molecule has 0 bridgehead atoms. The van der Waals surface area contributed by atoms with Crippen molar-refractivity contribution in [2.45, 2.75) is 45.6 Å². The molecule has 7 heteroatoms. The largest absolute Gasteiger partial charge is 0.443 e. The van der Waals surface area contributed by atoms with Crippen LogP contribution in [0, 0.1) is 5.41 Å². The Kier molecular flexibility index (Phi) is 7.29. The summed E-state index contributed by atoms with van der Waals surface area (Å²) in [7, 11) is 1.78. The van der Waals surface area contributed by atoms with Crippen LogP contribution in [0.3, 0.4) is 0 Å². The van der Waals surface area contributed by atoms with E-state index in [0.717, 1.165) is 42.6 Å². The smallest absolute Gasteiger partial charge is 0.236 e. The van der Waals surface area contributed by atoms with Crippen LogP contribution in [0.25, 0.3) is 10.8 Å². The number of oxazole rings is 1. The quantitative estimate of drug-likeness (QED) is 0.499. The number of hydrogen-bond acceptors (Lipinski definition) is 5. The van der Waals surface area contributed by atoms with Gasteiger partial charge in [0.05, 0.1) is 11.4 Å². The number of nitrogens with one attached hydrogen (secondary N) is 2. The number of aromatic nitrogens is 1. The molecule has 27 heavy (non-hydrogen) atoms. The van der Waals surface area contributed by atoms with Crippen molar-refractivity contribution in [1.82, 2.24) is 15.6 Å². The molecule has 0 unspecified atom stereocenters. The molecule has 1 saturated carbocycles. The van der Waals surface area contributed by atoms with Gasteiger partial charge >= 0.3 is 0 Å². The minimum atomic E-state index is 0.326. The molecule has 6 nitrogen and oxygen atoms in total. The van der Waals surface area contributed by atoms with E-state index in [1.165, 1.54) is 25.7 Å². The van der Waals surface area contributed by atoms with Crippen molar-refractivity contribution in [3.05, 3.63) is 29.5 Å². The van der Waals surface area contributed by atoms with E-state index >= 15 is 0 Å². The summed E-state index contributed by atoms with van der Waals surface area (Å²) in [5, 5.41) is 8.90. The van der Waals surface area contributed by atoms with Gasteiger partial charge in [-0.2, -0.15) is 0 Å². The number of hydrogen-bond donors (Lipinski definition) is 2. The first-order valence-corrected chi connectivity index (χ1v) is 10.6. The summed E-state index contributed by atoms with van der Waals surface area (Å²) in [6.45, 7) is 5.16. The molecule has 0 aromatic carbocycles. The van der Waals surface area contributed by atoms with E-state index in [1.807, 2.05) is 17.5 Å². The highest BCUT2D eigenvalue weighted by atomic mass is 32.1. The fourth-order valence-corrected chi connectivity index (χ4v) is 4.28. The van der Waals surface area contributed by atoms with E-state index < -0.39 is 0 Å². The number of aliphatic imine (C=N–C) groups is 1. The highest BCUT2D eigenvalue weighted by molar-refractivity contribution is 7.13. The minimum Gasteiger partial charge on any atom is -0.443 e. The van der Waals surface area contributed by atoms with Crippen molar-refractivity contribution in [3.63, 3.8) is 0 Å². The molecule has 2 aromatic rings. The number of thiophene rings is 1. The lowest BCUT2D eigenvalue weighted by molar-refractivity contribution is 0.138. The zero-order valence-corrected chi connectivity index (χ0v) is 17.1. The molecular weight excluding hydrogens is 360 g/mol. The molecule has 0 spiro atoms. The van der Waals surface area contributed by atoms with Crippen molar-refractivity contribution in [2.24, 2.45) is 10.4 Å².